The highest BCUT2D eigenvalue weighted by molar-refractivity contribution is 6.07. The lowest BCUT2D eigenvalue weighted by Crippen LogP contribution is -2.37. The predicted octanol–water partition coefficient (Wildman–Crippen LogP) is 2.27. The van der Waals surface area contributed by atoms with Crippen molar-refractivity contribution in [3.8, 4) is 0 Å². The molecule has 0 spiro atoms. The van der Waals surface area contributed by atoms with Crippen molar-refractivity contribution in [1.82, 2.24) is 4.90 Å². The zero-order chi connectivity index (χ0) is 20.4. The quantitative estimate of drug-likeness (QED) is 0.619. The Labute approximate surface area is 164 Å². The summed E-state index contributed by atoms with van der Waals surface area (Å²) >= 11 is 0. The van der Waals surface area contributed by atoms with Crippen LogP contribution in [0.5, 0.6) is 0 Å². The molecule has 1 N–H and O–H groups in total. The fourth-order valence-corrected chi connectivity index (χ4v) is 4.26. The molecule has 7 heteroatoms. The minimum atomic E-state index is -0.757. The van der Waals surface area contributed by atoms with Gasteiger partial charge in [-0.15, -0.1) is 0 Å². The average molecular weight is 386 g/mol. The first kappa shape index (κ1) is 20.0. The van der Waals surface area contributed by atoms with Crippen molar-refractivity contribution >= 4 is 29.4 Å². The predicted molar refractivity (Wildman–Crippen MR) is 102 cm³/mol. The van der Waals surface area contributed by atoms with Gasteiger partial charge in [0.2, 0.25) is 11.8 Å². The van der Waals surface area contributed by atoms with E-state index >= 15 is 0 Å². The Morgan fingerprint density at radius 2 is 1.57 bits per heavy atom. The Morgan fingerprint density at radius 3 is 2.11 bits per heavy atom. The van der Waals surface area contributed by atoms with Crippen molar-refractivity contribution in [1.29, 1.82) is 0 Å². The van der Waals surface area contributed by atoms with E-state index in [1.807, 2.05) is 32.9 Å². The molecule has 2 aliphatic rings. The van der Waals surface area contributed by atoms with Crippen LogP contribution in [0.1, 0.15) is 42.4 Å². The fourth-order valence-electron chi connectivity index (χ4n) is 4.26. The van der Waals surface area contributed by atoms with Gasteiger partial charge in [-0.3, -0.25) is 24.1 Å². The van der Waals surface area contributed by atoms with Gasteiger partial charge in [-0.2, -0.15) is 0 Å². The number of imide groups is 1. The number of hydrogen-bond acceptors (Lipinski definition) is 5. The summed E-state index contributed by atoms with van der Waals surface area (Å²) in [5.41, 5.74) is 3.64. The van der Waals surface area contributed by atoms with Gasteiger partial charge >= 0.3 is 5.97 Å². The molecule has 1 aliphatic heterocycles. The summed E-state index contributed by atoms with van der Waals surface area (Å²) in [6.45, 7) is 4.87. The molecule has 2 fully saturated rings. The van der Waals surface area contributed by atoms with Crippen LogP contribution in [0, 0.1) is 32.6 Å². The summed E-state index contributed by atoms with van der Waals surface area (Å²) < 4.78 is 4.99. The van der Waals surface area contributed by atoms with Crippen molar-refractivity contribution < 1.29 is 23.9 Å². The number of amides is 3. The lowest BCUT2D eigenvalue weighted by atomic mass is 9.81. The summed E-state index contributed by atoms with van der Waals surface area (Å²) in [7, 11) is 0. The van der Waals surface area contributed by atoms with Gasteiger partial charge in [-0.1, -0.05) is 30.5 Å². The SMILES string of the molecule is Cc1cc(C)c(NC(=O)COC(=O)CN2C(=O)[C@H]3CCCC[C@H]3C2=O)c(C)c1. The first-order chi connectivity index (χ1) is 13.3. The molecule has 1 heterocycles. The number of carbonyl (C=O) groups excluding carboxylic acids is 4. The second kappa shape index (κ2) is 8.12. The molecule has 3 rings (SSSR count). The highest BCUT2D eigenvalue weighted by Crippen LogP contribution is 2.37. The van der Waals surface area contributed by atoms with E-state index in [0.717, 1.165) is 34.4 Å². The van der Waals surface area contributed by atoms with Crippen molar-refractivity contribution in [3.05, 3.63) is 28.8 Å². The monoisotopic (exact) mass is 386 g/mol. The maximum absolute atomic E-state index is 12.4. The molecular formula is C21H26N2O5. The molecule has 2 atom stereocenters. The van der Waals surface area contributed by atoms with Crippen molar-refractivity contribution in [3.63, 3.8) is 0 Å². The summed E-state index contributed by atoms with van der Waals surface area (Å²) in [6, 6.07) is 3.91. The summed E-state index contributed by atoms with van der Waals surface area (Å²) in [6.07, 6.45) is 3.24. The number of rotatable bonds is 5. The Hall–Kier alpha value is -2.70. The Morgan fingerprint density at radius 1 is 1.04 bits per heavy atom. The van der Waals surface area contributed by atoms with E-state index < -0.39 is 25.0 Å². The Kier molecular flexibility index (Phi) is 5.82. The molecule has 1 saturated carbocycles. The van der Waals surface area contributed by atoms with Gasteiger partial charge in [0.1, 0.15) is 6.54 Å². The van der Waals surface area contributed by atoms with Crippen LogP contribution in [0.3, 0.4) is 0 Å². The molecule has 0 bridgehead atoms. The first-order valence-electron chi connectivity index (χ1n) is 9.66. The number of likely N-dealkylation sites (tertiary alicyclic amines) is 1. The summed E-state index contributed by atoms with van der Waals surface area (Å²) in [5.74, 6) is -2.40. The van der Waals surface area contributed by atoms with Crippen LogP contribution in [-0.2, 0) is 23.9 Å². The zero-order valence-electron chi connectivity index (χ0n) is 16.5. The molecule has 0 unspecified atom stereocenters. The number of nitrogens with one attached hydrogen (secondary N) is 1. The Bertz CT molecular complexity index is 785. The van der Waals surface area contributed by atoms with Gasteiger partial charge in [-0.25, -0.2) is 0 Å². The first-order valence-corrected chi connectivity index (χ1v) is 9.66. The van der Waals surface area contributed by atoms with Crippen LogP contribution in [0.2, 0.25) is 0 Å². The number of benzene rings is 1. The number of fused-ring (bicyclic) bond motifs is 1. The van der Waals surface area contributed by atoms with Crippen molar-refractivity contribution in [2.24, 2.45) is 11.8 Å². The topological polar surface area (TPSA) is 92.8 Å². The van der Waals surface area contributed by atoms with Crippen LogP contribution < -0.4 is 5.32 Å². The molecule has 1 aliphatic carbocycles. The molecule has 0 aromatic heterocycles. The van der Waals surface area contributed by atoms with Crippen LogP contribution in [0.4, 0.5) is 5.69 Å². The minimum Gasteiger partial charge on any atom is -0.454 e. The summed E-state index contributed by atoms with van der Waals surface area (Å²) in [5, 5.41) is 2.75. The van der Waals surface area contributed by atoms with Gasteiger partial charge in [-0.05, 0) is 44.7 Å². The molecule has 1 aromatic rings. The van der Waals surface area contributed by atoms with Crippen LogP contribution in [0.25, 0.3) is 0 Å². The molecule has 7 nitrogen and oxygen atoms in total. The van der Waals surface area contributed by atoms with E-state index in [2.05, 4.69) is 5.32 Å². The fraction of sp³-hybridized carbons (Fsp3) is 0.524. The Balaban J connectivity index is 1.52. The van der Waals surface area contributed by atoms with Crippen LogP contribution >= 0.6 is 0 Å². The van der Waals surface area contributed by atoms with Gasteiger partial charge in [0.05, 0.1) is 11.8 Å². The number of anilines is 1. The number of esters is 1. The summed E-state index contributed by atoms with van der Waals surface area (Å²) in [4.78, 5) is 50.0. The number of aryl methyl sites for hydroxylation is 3. The third-order valence-electron chi connectivity index (χ3n) is 5.53. The molecule has 3 amide bonds. The number of carbonyl (C=O) groups is 4. The standard InChI is InChI=1S/C21H26N2O5/c1-12-8-13(2)19(14(3)9-12)22-17(24)11-28-18(25)10-23-20(26)15-6-4-5-7-16(15)21(23)27/h8-9,15-16H,4-7,10-11H2,1-3H3,(H,22,24)/t15-,16+. The third-order valence-corrected chi connectivity index (χ3v) is 5.53. The van der Waals surface area contributed by atoms with E-state index in [9.17, 15) is 19.2 Å². The molecule has 28 heavy (non-hydrogen) atoms. The molecular weight excluding hydrogens is 360 g/mol. The molecule has 1 aromatic carbocycles. The van der Waals surface area contributed by atoms with E-state index in [-0.39, 0.29) is 23.7 Å². The maximum Gasteiger partial charge on any atom is 0.326 e. The highest BCUT2D eigenvalue weighted by Gasteiger charge is 2.48. The van der Waals surface area contributed by atoms with Gasteiger partial charge in [0.15, 0.2) is 6.61 Å². The number of nitrogens with zero attached hydrogens (tertiary/aromatic N) is 1. The number of hydrogen-bond donors (Lipinski definition) is 1. The average Bonchev–Trinajstić information content (AvgIpc) is 2.88. The van der Waals surface area contributed by atoms with Crippen molar-refractivity contribution in [2.75, 3.05) is 18.5 Å². The van der Waals surface area contributed by atoms with E-state index in [0.29, 0.717) is 18.5 Å². The second-order valence-corrected chi connectivity index (χ2v) is 7.74. The van der Waals surface area contributed by atoms with Crippen LogP contribution in [-0.4, -0.2) is 41.7 Å². The van der Waals surface area contributed by atoms with E-state index in [1.54, 1.807) is 0 Å². The normalized spacial score (nSPS) is 21.5. The van der Waals surface area contributed by atoms with Gasteiger partial charge in [0, 0.05) is 5.69 Å². The lowest BCUT2D eigenvalue weighted by Gasteiger charge is -2.19. The van der Waals surface area contributed by atoms with Crippen LogP contribution in [0.15, 0.2) is 12.1 Å². The van der Waals surface area contributed by atoms with E-state index in [1.165, 1.54) is 0 Å². The molecule has 0 radical (unpaired) electrons. The number of ether oxygens (including phenoxy) is 1. The van der Waals surface area contributed by atoms with E-state index in [4.69, 9.17) is 4.74 Å². The zero-order valence-corrected chi connectivity index (χ0v) is 16.5. The largest absolute Gasteiger partial charge is 0.454 e. The smallest absolute Gasteiger partial charge is 0.326 e. The second-order valence-electron chi connectivity index (χ2n) is 7.74. The van der Waals surface area contributed by atoms with Gasteiger partial charge < -0.3 is 10.1 Å². The maximum atomic E-state index is 12.4. The van der Waals surface area contributed by atoms with Crippen molar-refractivity contribution in [2.45, 2.75) is 46.5 Å². The lowest BCUT2D eigenvalue weighted by molar-refractivity contribution is -0.154. The molecule has 150 valence electrons. The third kappa shape index (κ3) is 4.08. The highest BCUT2D eigenvalue weighted by atomic mass is 16.5. The van der Waals surface area contributed by atoms with Gasteiger partial charge in [0.25, 0.3) is 5.91 Å². The molecule has 1 saturated heterocycles. The minimum absolute atomic E-state index is 0.290.